The third-order valence-electron chi connectivity index (χ3n) is 3.20. The highest BCUT2D eigenvalue weighted by molar-refractivity contribution is 6.00. The first-order valence-corrected chi connectivity index (χ1v) is 6.96. The number of nitrogens with zero attached hydrogens (tertiary/aromatic N) is 1. The third-order valence-corrected chi connectivity index (χ3v) is 3.20. The maximum atomic E-state index is 12.1. The van der Waals surface area contributed by atoms with E-state index < -0.39 is 0 Å². The number of amides is 1. The molecular formula is C16H20N4O. The van der Waals surface area contributed by atoms with Crippen LogP contribution in [0.15, 0.2) is 42.7 Å². The minimum atomic E-state index is -0.109. The standard InChI is InChI=1S/C16H20N4O/c1-3-19-16(21)14-5-4-13(17)10-15(14)20-11(2)12-6-8-18-9-7-12/h4-11,20H,3,17H2,1-2H3,(H,19,21). The Morgan fingerprint density at radius 1 is 1.29 bits per heavy atom. The average molecular weight is 284 g/mol. The lowest BCUT2D eigenvalue weighted by atomic mass is 10.1. The summed E-state index contributed by atoms with van der Waals surface area (Å²) < 4.78 is 0. The molecule has 0 bridgehead atoms. The molecule has 0 aliphatic rings. The van der Waals surface area contributed by atoms with Crippen molar-refractivity contribution in [1.82, 2.24) is 10.3 Å². The van der Waals surface area contributed by atoms with Crippen LogP contribution in [-0.2, 0) is 0 Å². The molecule has 0 saturated carbocycles. The number of nitrogen functional groups attached to an aromatic ring is 1. The lowest BCUT2D eigenvalue weighted by molar-refractivity contribution is 0.0956. The van der Waals surface area contributed by atoms with Gasteiger partial charge < -0.3 is 16.4 Å². The highest BCUT2D eigenvalue weighted by atomic mass is 16.1. The van der Waals surface area contributed by atoms with Crippen molar-refractivity contribution in [2.75, 3.05) is 17.6 Å². The van der Waals surface area contributed by atoms with Gasteiger partial charge in [-0.15, -0.1) is 0 Å². The Labute approximate surface area is 124 Å². The molecule has 2 aromatic rings. The van der Waals surface area contributed by atoms with Gasteiger partial charge in [0.15, 0.2) is 0 Å². The lowest BCUT2D eigenvalue weighted by Crippen LogP contribution is -2.24. The Morgan fingerprint density at radius 2 is 2.00 bits per heavy atom. The third kappa shape index (κ3) is 3.72. The van der Waals surface area contributed by atoms with Gasteiger partial charge in [0.05, 0.1) is 5.56 Å². The molecule has 4 N–H and O–H groups in total. The Kier molecular flexibility index (Phi) is 4.77. The molecule has 0 spiro atoms. The van der Waals surface area contributed by atoms with E-state index in [4.69, 9.17) is 5.73 Å². The summed E-state index contributed by atoms with van der Waals surface area (Å²) in [6, 6.07) is 9.17. The van der Waals surface area contributed by atoms with E-state index in [1.165, 1.54) is 0 Å². The van der Waals surface area contributed by atoms with Crippen LogP contribution in [0.2, 0.25) is 0 Å². The minimum Gasteiger partial charge on any atom is -0.399 e. The molecule has 21 heavy (non-hydrogen) atoms. The minimum absolute atomic E-state index is 0.0444. The SMILES string of the molecule is CCNC(=O)c1ccc(N)cc1NC(C)c1ccncc1. The van der Waals surface area contributed by atoms with E-state index >= 15 is 0 Å². The van der Waals surface area contributed by atoms with E-state index in [-0.39, 0.29) is 11.9 Å². The number of carbonyl (C=O) groups excluding carboxylic acids is 1. The van der Waals surface area contributed by atoms with Crippen LogP contribution in [0.3, 0.4) is 0 Å². The monoisotopic (exact) mass is 284 g/mol. The van der Waals surface area contributed by atoms with Crippen LogP contribution in [0.4, 0.5) is 11.4 Å². The van der Waals surface area contributed by atoms with E-state index in [9.17, 15) is 4.79 Å². The molecule has 1 aromatic carbocycles. The molecule has 1 heterocycles. The van der Waals surface area contributed by atoms with Gasteiger partial charge in [-0.2, -0.15) is 0 Å². The summed E-state index contributed by atoms with van der Waals surface area (Å²) in [7, 11) is 0. The molecular weight excluding hydrogens is 264 g/mol. The van der Waals surface area contributed by atoms with Crippen LogP contribution in [0.1, 0.15) is 35.8 Å². The van der Waals surface area contributed by atoms with Crippen molar-refractivity contribution >= 4 is 17.3 Å². The topological polar surface area (TPSA) is 80.0 Å². The number of benzene rings is 1. The second-order valence-corrected chi connectivity index (χ2v) is 4.81. The molecule has 0 fully saturated rings. The molecule has 1 aromatic heterocycles. The van der Waals surface area contributed by atoms with Crippen LogP contribution in [0, 0.1) is 0 Å². The summed E-state index contributed by atoms with van der Waals surface area (Å²) >= 11 is 0. The summed E-state index contributed by atoms with van der Waals surface area (Å²) in [6.45, 7) is 4.50. The van der Waals surface area contributed by atoms with Gasteiger partial charge in [-0.25, -0.2) is 0 Å². The highest BCUT2D eigenvalue weighted by Crippen LogP contribution is 2.24. The Hall–Kier alpha value is -2.56. The largest absolute Gasteiger partial charge is 0.399 e. The lowest BCUT2D eigenvalue weighted by Gasteiger charge is -2.18. The number of pyridine rings is 1. The Morgan fingerprint density at radius 3 is 2.67 bits per heavy atom. The van der Waals surface area contributed by atoms with E-state index in [1.807, 2.05) is 26.0 Å². The van der Waals surface area contributed by atoms with Gasteiger partial charge in [0.25, 0.3) is 5.91 Å². The number of carbonyl (C=O) groups is 1. The van der Waals surface area contributed by atoms with Gasteiger partial charge in [-0.1, -0.05) is 0 Å². The maximum absolute atomic E-state index is 12.1. The molecule has 0 saturated heterocycles. The van der Waals surface area contributed by atoms with Crippen molar-refractivity contribution in [2.24, 2.45) is 0 Å². The van der Waals surface area contributed by atoms with E-state index in [0.717, 1.165) is 11.3 Å². The van der Waals surface area contributed by atoms with Crippen molar-refractivity contribution in [2.45, 2.75) is 19.9 Å². The molecule has 1 amide bonds. The van der Waals surface area contributed by atoms with E-state index in [2.05, 4.69) is 15.6 Å². The zero-order valence-electron chi connectivity index (χ0n) is 12.3. The fourth-order valence-corrected chi connectivity index (χ4v) is 2.10. The summed E-state index contributed by atoms with van der Waals surface area (Å²) in [5, 5.41) is 6.14. The Balaban J connectivity index is 2.26. The van der Waals surface area contributed by atoms with Gasteiger partial charge in [0, 0.05) is 36.4 Å². The number of hydrogen-bond acceptors (Lipinski definition) is 4. The molecule has 1 atom stereocenters. The molecule has 0 aliphatic heterocycles. The van der Waals surface area contributed by atoms with Crippen molar-refractivity contribution < 1.29 is 4.79 Å². The van der Waals surface area contributed by atoms with Crippen molar-refractivity contribution in [1.29, 1.82) is 0 Å². The number of anilines is 2. The maximum Gasteiger partial charge on any atom is 0.253 e. The predicted octanol–water partition coefficient (Wildman–Crippen LogP) is 2.59. The van der Waals surface area contributed by atoms with Gasteiger partial charge in [0.2, 0.25) is 0 Å². The van der Waals surface area contributed by atoms with Gasteiger partial charge in [-0.3, -0.25) is 9.78 Å². The summed E-state index contributed by atoms with van der Waals surface area (Å²) in [4.78, 5) is 16.1. The number of hydrogen-bond donors (Lipinski definition) is 3. The second-order valence-electron chi connectivity index (χ2n) is 4.81. The van der Waals surface area contributed by atoms with E-state index in [1.54, 1.807) is 30.6 Å². The average Bonchev–Trinajstić information content (AvgIpc) is 2.48. The summed E-state index contributed by atoms with van der Waals surface area (Å²) in [5.74, 6) is -0.109. The van der Waals surface area contributed by atoms with Crippen LogP contribution in [-0.4, -0.2) is 17.4 Å². The first kappa shape index (κ1) is 14.8. The normalized spacial score (nSPS) is 11.7. The molecule has 0 radical (unpaired) electrons. The van der Waals surface area contributed by atoms with Gasteiger partial charge in [0.1, 0.15) is 0 Å². The van der Waals surface area contributed by atoms with Crippen LogP contribution >= 0.6 is 0 Å². The summed E-state index contributed by atoms with van der Waals surface area (Å²) in [5.41, 5.74) is 8.86. The number of nitrogens with two attached hydrogens (primary N) is 1. The van der Waals surface area contributed by atoms with Crippen LogP contribution in [0.25, 0.3) is 0 Å². The predicted molar refractivity (Wildman–Crippen MR) is 85.1 cm³/mol. The molecule has 0 aliphatic carbocycles. The zero-order chi connectivity index (χ0) is 15.2. The molecule has 5 nitrogen and oxygen atoms in total. The molecule has 110 valence electrons. The van der Waals surface area contributed by atoms with Crippen molar-refractivity contribution in [3.05, 3.63) is 53.9 Å². The highest BCUT2D eigenvalue weighted by Gasteiger charge is 2.13. The molecule has 2 rings (SSSR count). The van der Waals surface area contributed by atoms with Crippen LogP contribution in [0.5, 0.6) is 0 Å². The van der Waals surface area contributed by atoms with Gasteiger partial charge >= 0.3 is 0 Å². The summed E-state index contributed by atoms with van der Waals surface area (Å²) in [6.07, 6.45) is 3.50. The molecule has 5 heteroatoms. The number of aromatic nitrogens is 1. The molecule has 1 unspecified atom stereocenters. The quantitative estimate of drug-likeness (QED) is 0.737. The fourth-order valence-electron chi connectivity index (χ4n) is 2.10. The van der Waals surface area contributed by atoms with Gasteiger partial charge in [-0.05, 0) is 49.7 Å². The van der Waals surface area contributed by atoms with Crippen LogP contribution < -0.4 is 16.4 Å². The Bertz CT molecular complexity index is 613. The smallest absolute Gasteiger partial charge is 0.253 e. The van der Waals surface area contributed by atoms with E-state index in [0.29, 0.717) is 17.8 Å². The fraction of sp³-hybridized carbons (Fsp3) is 0.250. The first-order chi connectivity index (χ1) is 10.1. The number of rotatable bonds is 5. The second kappa shape index (κ2) is 6.74. The number of nitrogens with one attached hydrogen (secondary N) is 2. The zero-order valence-corrected chi connectivity index (χ0v) is 12.3. The van der Waals surface area contributed by atoms with Crippen molar-refractivity contribution in [3.8, 4) is 0 Å². The first-order valence-electron chi connectivity index (χ1n) is 6.96. The van der Waals surface area contributed by atoms with Crippen molar-refractivity contribution in [3.63, 3.8) is 0 Å².